The minimum Gasteiger partial charge on any atom is -0.496 e. The Balaban J connectivity index is 1.98. The Bertz CT molecular complexity index is 1320. The summed E-state index contributed by atoms with van der Waals surface area (Å²) in [5.41, 5.74) is 2.85. The van der Waals surface area contributed by atoms with E-state index in [9.17, 15) is 9.59 Å². The number of nitrogens with zero attached hydrogens (tertiary/aromatic N) is 3. The Labute approximate surface area is 205 Å². The number of terminal acetylenes is 1. The van der Waals surface area contributed by atoms with Gasteiger partial charge in [-0.15, -0.1) is 6.42 Å². The molecule has 1 unspecified atom stereocenters. The molecule has 3 aromatic rings. The van der Waals surface area contributed by atoms with Gasteiger partial charge in [0.15, 0.2) is 0 Å². The number of likely N-dealkylation sites (N-methyl/N-ethyl adjacent to an activating group) is 1. The van der Waals surface area contributed by atoms with Gasteiger partial charge in [-0.05, 0) is 70.5 Å². The Morgan fingerprint density at radius 3 is 2.49 bits per heavy atom. The summed E-state index contributed by atoms with van der Waals surface area (Å²) >= 11 is 0. The first-order valence-electron chi connectivity index (χ1n) is 11.1. The van der Waals surface area contributed by atoms with Gasteiger partial charge in [0.05, 0.1) is 12.6 Å². The molecule has 1 atom stereocenters. The van der Waals surface area contributed by atoms with E-state index in [0.717, 1.165) is 22.2 Å². The lowest BCUT2D eigenvalue weighted by molar-refractivity contribution is -0.120. The number of pyridine rings is 2. The molecule has 8 nitrogen and oxygen atoms in total. The predicted octanol–water partition coefficient (Wildman–Crippen LogP) is 4.79. The van der Waals surface area contributed by atoms with Crippen molar-refractivity contribution >= 4 is 28.7 Å². The summed E-state index contributed by atoms with van der Waals surface area (Å²) in [5, 5.41) is 3.64. The number of anilines is 1. The van der Waals surface area contributed by atoms with Crippen molar-refractivity contribution in [2.24, 2.45) is 0 Å². The zero-order chi connectivity index (χ0) is 25.9. The molecule has 0 aliphatic heterocycles. The molecule has 1 N–H and O–H groups in total. The van der Waals surface area contributed by atoms with Gasteiger partial charge < -0.3 is 14.8 Å². The molecule has 0 saturated heterocycles. The maximum absolute atomic E-state index is 13.0. The van der Waals surface area contributed by atoms with Crippen molar-refractivity contribution in [3.8, 4) is 29.2 Å². The molecule has 35 heavy (non-hydrogen) atoms. The summed E-state index contributed by atoms with van der Waals surface area (Å²) in [4.78, 5) is 35.5. The van der Waals surface area contributed by atoms with E-state index in [1.807, 2.05) is 31.2 Å². The summed E-state index contributed by atoms with van der Waals surface area (Å²) in [6.45, 7) is 8.82. The van der Waals surface area contributed by atoms with Crippen LogP contribution in [-0.4, -0.2) is 52.7 Å². The number of carbonyl (C=O) groups excluding carboxylic acids is 2. The minimum atomic E-state index is -0.816. The van der Waals surface area contributed by atoms with E-state index in [4.69, 9.17) is 15.9 Å². The van der Waals surface area contributed by atoms with Crippen LogP contribution in [0.3, 0.4) is 0 Å². The summed E-state index contributed by atoms with van der Waals surface area (Å²) in [6.07, 6.45) is 5.07. The molecule has 0 radical (unpaired) electrons. The third-order valence-electron chi connectivity index (χ3n) is 5.35. The quantitative estimate of drug-likeness (QED) is 0.535. The monoisotopic (exact) mass is 474 g/mol. The van der Waals surface area contributed by atoms with Crippen LogP contribution in [0.5, 0.6) is 5.75 Å². The molecule has 8 heteroatoms. The number of fused-ring (bicyclic) bond motifs is 1. The van der Waals surface area contributed by atoms with Gasteiger partial charge in [-0.25, -0.2) is 9.78 Å². The SMILES string of the molecule is C#Cc1cc(-c2c(OC)ccc3nc(C)ccc23)cc(NC(=O)C(C)N(C)C(=O)OC(C)(C)C)n1. The second kappa shape index (κ2) is 10.0. The molecule has 0 aliphatic carbocycles. The lowest BCUT2D eigenvalue weighted by Gasteiger charge is -2.28. The van der Waals surface area contributed by atoms with Crippen LogP contribution in [0, 0.1) is 19.3 Å². The van der Waals surface area contributed by atoms with E-state index in [-0.39, 0.29) is 5.82 Å². The Kier molecular flexibility index (Phi) is 7.30. The second-order valence-electron chi connectivity index (χ2n) is 9.19. The van der Waals surface area contributed by atoms with Gasteiger partial charge in [-0.1, -0.05) is 12.0 Å². The minimum absolute atomic E-state index is 0.254. The van der Waals surface area contributed by atoms with Crippen molar-refractivity contribution < 1.29 is 19.1 Å². The lowest BCUT2D eigenvalue weighted by atomic mass is 9.99. The van der Waals surface area contributed by atoms with Crippen LogP contribution in [-0.2, 0) is 9.53 Å². The number of hydrogen-bond donors (Lipinski definition) is 1. The normalized spacial score (nSPS) is 11.9. The number of rotatable bonds is 5. The Morgan fingerprint density at radius 2 is 1.86 bits per heavy atom. The molecular weight excluding hydrogens is 444 g/mol. The van der Waals surface area contributed by atoms with E-state index >= 15 is 0 Å². The average Bonchev–Trinajstić information content (AvgIpc) is 2.80. The fraction of sp³-hybridized carbons (Fsp3) is 0.333. The molecule has 2 aromatic heterocycles. The van der Waals surface area contributed by atoms with Crippen LogP contribution in [0.4, 0.5) is 10.6 Å². The number of nitrogens with one attached hydrogen (secondary N) is 1. The number of benzene rings is 1. The van der Waals surface area contributed by atoms with Crippen LogP contribution in [0.2, 0.25) is 0 Å². The van der Waals surface area contributed by atoms with Crippen LogP contribution < -0.4 is 10.1 Å². The third-order valence-corrected chi connectivity index (χ3v) is 5.35. The van der Waals surface area contributed by atoms with Crippen molar-refractivity contribution in [3.05, 3.63) is 47.8 Å². The van der Waals surface area contributed by atoms with Crippen LogP contribution in [0.25, 0.3) is 22.0 Å². The topological polar surface area (TPSA) is 93.7 Å². The van der Waals surface area contributed by atoms with E-state index in [0.29, 0.717) is 17.0 Å². The second-order valence-corrected chi connectivity index (χ2v) is 9.19. The van der Waals surface area contributed by atoms with Crippen LogP contribution in [0.1, 0.15) is 39.1 Å². The van der Waals surface area contributed by atoms with Crippen molar-refractivity contribution in [1.82, 2.24) is 14.9 Å². The molecule has 0 saturated carbocycles. The summed E-state index contributed by atoms with van der Waals surface area (Å²) in [5.74, 6) is 2.99. The van der Waals surface area contributed by atoms with Gasteiger partial charge in [0.25, 0.3) is 0 Å². The highest BCUT2D eigenvalue weighted by atomic mass is 16.6. The molecule has 1 aromatic carbocycles. The van der Waals surface area contributed by atoms with Gasteiger partial charge >= 0.3 is 6.09 Å². The van der Waals surface area contributed by atoms with Crippen molar-refractivity contribution in [2.75, 3.05) is 19.5 Å². The first kappa shape index (κ1) is 25.5. The molecule has 3 rings (SSSR count). The predicted molar refractivity (Wildman–Crippen MR) is 136 cm³/mol. The van der Waals surface area contributed by atoms with Gasteiger partial charge in [-0.3, -0.25) is 14.7 Å². The number of amides is 2. The standard InChI is InChI=1S/C27H30N4O4/c1-9-19-14-18(24-20-11-10-16(2)28-21(20)12-13-22(24)34-8)15-23(29-19)30-25(32)17(3)31(7)26(33)35-27(4,5)6/h1,10-15,17H,2-8H3,(H,29,30,32). The highest BCUT2D eigenvalue weighted by molar-refractivity contribution is 6.00. The van der Waals surface area contributed by atoms with Crippen molar-refractivity contribution in [3.63, 3.8) is 0 Å². The smallest absolute Gasteiger partial charge is 0.410 e. The van der Waals surface area contributed by atoms with Gasteiger partial charge in [0, 0.05) is 23.7 Å². The summed E-state index contributed by atoms with van der Waals surface area (Å²) in [6, 6.07) is 10.3. The van der Waals surface area contributed by atoms with Crippen molar-refractivity contribution in [2.45, 2.75) is 46.3 Å². The lowest BCUT2D eigenvalue weighted by Crippen LogP contribution is -2.45. The Hall–Kier alpha value is -4.12. The maximum atomic E-state index is 13.0. The highest BCUT2D eigenvalue weighted by Gasteiger charge is 2.27. The van der Waals surface area contributed by atoms with Crippen LogP contribution >= 0.6 is 0 Å². The average molecular weight is 475 g/mol. The molecule has 2 heterocycles. The largest absolute Gasteiger partial charge is 0.496 e. The number of methoxy groups -OCH3 is 1. The first-order valence-corrected chi connectivity index (χ1v) is 11.1. The molecule has 0 fully saturated rings. The van der Waals surface area contributed by atoms with Crippen molar-refractivity contribution in [1.29, 1.82) is 0 Å². The van der Waals surface area contributed by atoms with Crippen LogP contribution in [0.15, 0.2) is 36.4 Å². The Morgan fingerprint density at radius 1 is 1.14 bits per heavy atom. The number of hydrogen-bond acceptors (Lipinski definition) is 6. The highest BCUT2D eigenvalue weighted by Crippen LogP contribution is 2.37. The van der Waals surface area contributed by atoms with E-state index in [2.05, 4.69) is 21.2 Å². The number of ether oxygens (including phenoxy) is 2. The molecule has 0 bridgehead atoms. The molecular formula is C27H30N4O4. The van der Waals surface area contributed by atoms with Gasteiger partial charge in [-0.2, -0.15) is 0 Å². The van der Waals surface area contributed by atoms with Gasteiger partial charge in [0.2, 0.25) is 5.91 Å². The molecule has 2 amide bonds. The van der Waals surface area contributed by atoms with E-state index < -0.39 is 23.6 Å². The molecule has 0 aliphatic rings. The zero-order valence-corrected chi connectivity index (χ0v) is 21.1. The number of carbonyl (C=O) groups is 2. The number of aryl methyl sites for hydroxylation is 1. The van der Waals surface area contributed by atoms with E-state index in [1.54, 1.807) is 46.9 Å². The zero-order valence-electron chi connectivity index (χ0n) is 21.1. The summed E-state index contributed by atoms with van der Waals surface area (Å²) in [7, 11) is 3.09. The fourth-order valence-corrected chi connectivity index (χ4v) is 3.47. The third kappa shape index (κ3) is 5.87. The summed E-state index contributed by atoms with van der Waals surface area (Å²) < 4.78 is 11.0. The fourth-order valence-electron chi connectivity index (χ4n) is 3.47. The maximum Gasteiger partial charge on any atom is 0.410 e. The molecule has 0 spiro atoms. The molecule has 182 valence electrons. The van der Waals surface area contributed by atoms with Gasteiger partial charge in [0.1, 0.15) is 28.9 Å². The number of aromatic nitrogens is 2. The first-order chi connectivity index (χ1) is 16.4. The van der Waals surface area contributed by atoms with E-state index in [1.165, 1.54) is 11.9 Å².